The predicted molar refractivity (Wildman–Crippen MR) is 114 cm³/mol. The summed E-state index contributed by atoms with van der Waals surface area (Å²) in [6, 6.07) is 9.63. The summed E-state index contributed by atoms with van der Waals surface area (Å²) >= 11 is 11.6. The SMILES string of the molecule is O=C(/C=C/c1ccc(Cl)c([N+](=O)[O-])c1)CS(=O)(=O)c1cc2ccc(Cl)cc2[nH]c1=O. The summed E-state index contributed by atoms with van der Waals surface area (Å²) in [5.41, 5.74) is -0.559. The Hall–Kier alpha value is -3.01. The van der Waals surface area contributed by atoms with E-state index in [-0.39, 0.29) is 16.3 Å². The number of nitrogens with one attached hydrogen (secondary N) is 1. The summed E-state index contributed by atoms with van der Waals surface area (Å²) in [4.78, 5) is 36.5. The van der Waals surface area contributed by atoms with E-state index in [1.807, 2.05) is 0 Å². The molecule has 0 unspecified atom stereocenters. The molecular weight excluding hydrogens is 455 g/mol. The molecule has 0 spiro atoms. The zero-order chi connectivity index (χ0) is 22.1. The number of H-pyrrole nitrogens is 1. The molecule has 2 aromatic carbocycles. The number of benzene rings is 2. The maximum Gasteiger partial charge on any atom is 0.288 e. The molecule has 0 saturated carbocycles. The molecule has 1 aromatic heterocycles. The van der Waals surface area contributed by atoms with E-state index < -0.39 is 36.8 Å². The van der Waals surface area contributed by atoms with Gasteiger partial charge in [-0.3, -0.25) is 19.7 Å². The molecule has 11 heteroatoms. The molecule has 0 atom stereocenters. The van der Waals surface area contributed by atoms with E-state index in [1.54, 1.807) is 6.07 Å². The lowest BCUT2D eigenvalue weighted by atomic mass is 10.2. The fraction of sp³-hybridized carbons (Fsp3) is 0.0526. The third-order valence-corrected chi connectivity index (χ3v) is 6.26. The summed E-state index contributed by atoms with van der Waals surface area (Å²) in [5, 5.41) is 11.7. The molecule has 30 heavy (non-hydrogen) atoms. The molecule has 3 aromatic rings. The van der Waals surface area contributed by atoms with Crippen LogP contribution in [0.2, 0.25) is 10.0 Å². The van der Waals surface area contributed by atoms with E-state index in [4.69, 9.17) is 23.2 Å². The van der Waals surface area contributed by atoms with Crippen molar-refractivity contribution in [2.24, 2.45) is 0 Å². The molecule has 0 aliphatic carbocycles. The third-order valence-electron chi connectivity index (χ3n) is 4.07. The number of hydrogen-bond acceptors (Lipinski definition) is 6. The average molecular weight is 467 g/mol. The minimum Gasteiger partial charge on any atom is -0.321 e. The van der Waals surface area contributed by atoms with Crippen molar-refractivity contribution >= 4 is 61.5 Å². The standard InChI is InChI=1S/C19H12Cl2N2O6S/c20-13-4-3-12-8-18(19(25)22-16(12)9-13)30(28,29)10-14(24)5-1-11-2-6-15(21)17(7-11)23(26)27/h1-9H,10H2,(H,22,25)/b5-1+. The lowest BCUT2D eigenvalue weighted by Gasteiger charge is -2.04. The van der Waals surface area contributed by atoms with Crippen LogP contribution in [0.4, 0.5) is 5.69 Å². The molecule has 3 rings (SSSR count). The number of nitro benzene ring substituents is 1. The van der Waals surface area contributed by atoms with Gasteiger partial charge in [0.05, 0.1) is 4.92 Å². The van der Waals surface area contributed by atoms with Crippen molar-refractivity contribution in [3.05, 3.63) is 84.6 Å². The number of pyridine rings is 1. The number of nitro groups is 1. The largest absolute Gasteiger partial charge is 0.321 e. The number of aromatic amines is 1. The summed E-state index contributed by atoms with van der Waals surface area (Å²) in [6.45, 7) is 0. The summed E-state index contributed by atoms with van der Waals surface area (Å²) in [5.74, 6) is -1.75. The molecule has 0 aliphatic rings. The second-order valence-corrected chi connectivity index (χ2v) is 9.02. The zero-order valence-corrected chi connectivity index (χ0v) is 17.3. The van der Waals surface area contributed by atoms with Gasteiger partial charge in [-0.25, -0.2) is 8.42 Å². The Morgan fingerprint density at radius 2 is 1.87 bits per heavy atom. The van der Waals surface area contributed by atoms with Crippen molar-refractivity contribution in [2.75, 3.05) is 5.75 Å². The molecular formula is C19H12Cl2N2O6S. The lowest BCUT2D eigenvalue weighted by Crippen LogP contribution is -2.22. The Balaban J connectivity index is 1.85. The summed E-state index contributed by atoms with van der Waals surface area (Å²) in [6.07, 6.45) is 2.20. The fourth-order valence-electron chi connectivity index (χ4n) is 2.66. The van der Waals surface area contributed by atoms with Gasteiger partial charge < -0.3 is 4.98 Å². The van der Waals surface area contributed by atoms with Gasteiger partial charge in [0.25, 0.3) is 11.2 Å². The zero-order valence-electron chi connectivity index (χ0n) is 15.0. The first kappa shape index (κ1) is 21.7. The van der Waals surface area contributed by atoms with Gasteiger partial charge in [-0.1, -0.05) is 41.4 Å². The van der Waals surface area contributed by atoms with Crippen molar-refractivity contribution < 1.29 is 18.1 Å². The lowest BCUT2D eigenvalue weighted by molar-refractivity contribution is -0.384. The summed E-state index contributed by atoms with van der Waals surface area (Å²) < 4.78 is 25.1. The number of allylic oxidation sites excluding steroid dienone is 1. The Morgan fingerprint density at radius 3 is 2.57 bits per heavy atom. The van der Waals surface area contributed by atoms with E-state index in [2.05, 4.69) is 4.98 Å². The molecule has 1 heterocycles. The number of halogens is 2. The topological polar surface area (TPSA) is 127 Å². The van der Waals surface area contributed by atoms with Crippen molar-refractivity contribution in [3.63, 3.8) is 0 Å². The Morgan fingerprint density at radius 1 is 1.13 bits per heavy atom. The monoisotopic (exact) mass is 466 g/mol. The molecule has 0 fully saturated rings. The number of rotatable bonds is 6. The fourth-order valence-corrected chi connectivity index (χ4v) is 4.28. The number of carbonyl (C=O) groups excluding carboxylic acids is 1. The highest BCUT2D eigenvalue weighted by molar-refractivity contribution is 7.92. The highest BCUT2D eigenvalue weighted by atomic mass is 35.5. The maximum absolute atomic E-state index is 12.6. The van der Waals surface area contributed by atoms with Gasteiger partial charge in [-0.15, -0.1) is 0 Å². The second kappa shape index (κ2) is 8.39. The molecule has 0 aliphatic heterocycles. The minimum absolute atomic E-state index is 0.0668. The van der Waals surface area contributed by atoms with Gasteiger partial charge in [0.1, 0.15) is 15.7 Å². The molecule has 0 radical (unpaired) electrons. The van der Waals surface area contributed by atoms with Crippen LogP contribution in [-0.4, -0.2) is 29.9 Å². The number of fused-ring (bicyclic) bond motifs is 1. The molecule has 0 saturated heterocycles. The molecule has 0 bridgehead atoms. The van der Waals surface area contributed by atoms with E-state index in [1.165, 1.54) is 36.4 Å². The normalized spacial score (nSPS) is 11.8. The van der Waals surface area contributed by atoms with Gasteiger partial charge >= 0.3 is 0 Å². The number of nitrogens with zero attached hydrogens (tertiary/aromatic N) is 1. The van der Waals surface area contributed by atoms with Gasteiger partial charge in [-0.05, 0) is 41.3 Å². The highest BCUT2D eigenvalue weighted by Gasteiger charge is 2.22. The van der Waals surface area contributed by atoms with Gasteiger partial charge in [0, 0.05) is 16.6 Å². The van der Waals surface area contributed by atoms with E-state index in [0.29, 0.717) is 15.9 Å². The number of ketones is 1. The predicted octanol–water partition coefficient (Wildman–Crippen LogP) is 3.80. The smallest absolute Gasteiger partial charge is 0.288 e. The number of hydrogen-bond donors (Lipinski definition) is 1. The molecule has 0 amide bonds. The minimum atomic E-state index is -4.23. The summed E-state index contributed by atoms with van der Waals surface area (Å²) in [7, 11) is -4.23. The van der Waals surface area contributed by atoms with Crippen LogP contribution in [0.15, 0.2) is 58.2 Å². The van der Waals surface area contributed by atoms with Crippen LogP contribution in [0, 0.1) is 10.1 Å². The van der Waals surface area contributed by atoms with Crippen molar-refractivity contribution in [1.82, 2.24) is 4.98 Å². The average Bonchev–Trinajstić information content (AvgIpc) is 2.66. The van der Waals surface area contributed by atoms with Crippen LogP contribution >= 0.6 is 23.2 Å². The van der Waals surface area contributed by atoms with Crippen LogP contribution in [0.5, 0.6) is 0 Å². The highest BCUT2D eigenvalue weighted by Crippen LogP contribution is 2.25. The van der Waals surface area contributed by atoms with Crippen molar-refractivity contribution in [3.8, 4) is 0 Å². The van der Waals surface area contributed by atoms with Crippen LogP contribution < -0.4 is 5.56 Å². The van der Waals surface area contributed by atoms with Crippen molar-refractivity contribution in [2.45, 2.75) is 4.90 Å². The molecule has 154 valence electrons. The first-order valence-electron chi connectivity index (χ1n) is 8.27. The number of aromatic nitrogens is 1. The van der Waals surface area contributed by atoms with Crippen LogP contribution in [0.1, 0.15) is 5.56 Å². The Labute approximate surface area is 179 Å². The van der Waals surface area contributed by atoms with Crippen LogP contribution in [0.25, 0.3) is 17.0 Å². The number of carbonyl (C=O) groups is 1. The molecule has 8 nitrogen and oxygen atoms in total. The number of sulfone groups is 1. The second-order valence-electron chi connectivity index (χ2n) is 6.22. The van der Waals surface area contributed by atoms with Crippen LogP contribution in [-0.2, 0) is 14.6 Å². The van der Waals surface area contributed by atoms with Crippen LogP contribution in [0.3, 0.4) is 0 Å². The van der Waals surface area contributed by atoms with Gasteiger partial charge in [0.15, 0.2) is 15.6 Å². The Bertz CT molecular complexity index is 1380. The van der Waals surface area contributed by atoms with Gasteiger partial charge in [0.2, 0.25) is 0 Å². The van der Waals surface area contributed by atoms with E-state index in [9.17, 15) is 28.1 Å². The Kier molecular flexibility index (Phi) is 6.06. The maximum atomic E-state index is 12.6. The van der Waals surface area contributed by atoms with E-state index >= 15 is 0 Å². The third kappa shape index (κ3) is 4.76. The van der Waals surface area contributed by atoms with Crippen molar-refractivity contribution in [1.29, 1.82) is 0 Å². The molecule has 1 N–H and O–H groups in total. The van der Waals surface area contributed by atoms with Gasteiger partial charge in [-0.2, -0.15) is 0 Å². The quantitative estimate of drug-likeness (QED) is 0.334. The first-order chi connectivity index (χ1) is 14.1. The first-order valence-corrected chi connectivity index (χ1v) is 10.7. The van der Waals surface area contributed by atoms with E-state index in [0.717, 1.165) is 12.1 Å².